The third-order valence-electron chi connectivity index (χ3n) is 4.06. The summed E-state index contributed by atoms with van der Waals surface area (Å²) in [6.07, 6.45) is 0. The summed E-state index contributed by atoms with van der Waals surface area (Å²) in [5.74, 6) is 1.97. The number of thiophene rings is 1. The van der Waals surface area contributed by atoms with E-state index in [-0.39, 0.29) is 11.6 Å². The highest BCUT2D eigenvalue weighted by atomic mass is 79.9. The van der Waals surface area contributed by atoms with Gasteiger partial charge in [-0.1, -0.05) is 15.9 Å². The summed E-state index contributed by atoms with van der Waals surface area (Å²) in [4.78, 5) is 25.7. The molecule has 148 valence electrons. The molecule has 0 radical (unpaired) electrons. The number of carbonyl (C=O) groups is 1. The van der Waals surface area contributed by atoms with Gasteiger partial charge in [-0.2, -0.15) is 0 Å². The second-order valence-electron chi connectivity index (χ2n) is 5.61. The summed E-state index contributed by atoms with van der Waals surface area (Å²) in [6.45, 7) is 4.45. The molecule has 0 spiro atoms. The summed E-state index contributed by atoms with van der Waals surface area (Å²) in [5, 5.41) is 14.4. The zero-order chi connectivity index (χ0) is 19.8. The lowest BCUT2D eigenvalue weighted by Gasteiger charge is -2.26. The molecule has 2 aromatic rings. The molecule has 3 rings (SSSR count). The highest BCUT2D eigenvalue weighted by Crippen LogP contribution is 2.39. The van der Waals surface area contributed by atoms with E-state index in [2.05, 4.69) is 26.1 Å². The van der Waals surface area contributed by atoms with Gasteiger partial charge in [-0.3, -0.25) is 19.8 Å². The van der Waals surface area contributed by atoms with Gasteiger partial charge in [0.1, 0.15) is 4.88 Å². The molecule has 0 aliphatic carbocycles. The number of halogens is 1. The molecule has 1 fully saturated rings. The van der Waals surface area contributed by atoms with Crippen molar-refractivity contribution in [3.63, 3.8) is 0 Å². The standard InChI is InChI=1S/C16H19N3O5S.CH3Br/c1-23-14-12-10-11(19(21)22)2-3-13(12)25-15(14)16(20)17-4-5-18-6-8-24-9-7-18;1-2/h2-3,10H,4-9H2,1H3,(H,17,20);1H3. The number of fused-ring (bicyclic) bond motifs is 1. The first-order valence-corrected chi connectivity index (χ1v) is 10.7. The molecule has 1 amide bonds. The molecule has 0 saturated carbocycles. The molecule has 1 saturated heterocycles. The molecule has 8 nitrogen and oxygen atoms in total. The van der Waals surface area contributed by atoms with Crippen LogP contribution < -0.4 is 10.1 Å². The van der Waals surface area contributed by atoms with E-state index in [0.717, 1.165) is 37.5 Å². The van der Waals surface area contributed by atoms with Crippen LogP contribution in [-0.4, -0.2) is 68.1 Å². The second kappa shape index (κ2) is 10.5. The number of morpholine rings is 1. The number of nitro benzene ring substituents is 1. The molecule has 0 unspecified atom stereocenters. The third-order valence-corrected chi connectivity index (χ3v) is 5.22. The largest absolute Gasteiger partial charge is 0.494 e. The van der Waals surface area contributed by atoms with Crippen LogP contribution in [0.4, 0.5) is 5.69 Å². The highest BCUT2D eigenvalue weighted by Gasteiger charge is 2.21. The van der Waals surface area contributed by atoms with Crippen molar-refractivity contribution in [1.82, 2.24) is 10.2 Å². The number of benzene rings is 1. The summed E-state index contributed by atoms with van der Waals surface area (Å²) in [7, 11) is 1.46. The first kappa shape index (κ1) is 21.5. The van der Waals surface area contributed by atoms with Crippen molar-refractivity contribution in [3.8, 4) is 5.75 Å². The third kappa shape index (κ3) is 5.38. The summed E-state index contributed by atoms with van der Waals surface area (Å²) in [6, 6.07) is 4.51. The van der Waals surface area contributed by atoms with Crippen molar-refractivity contribution < 1.29 is 19.2 Å². The quantitative estimate of drug-likeness (QED) is 0.405. The van der Waals surface area contributed by atoms with Crippen LogP contribution in [0.25, 0.3) is 10.1 Å². The molecule has 1 N–H and O–H groups in total. The predicted molar refractivity (Wildman–Crippen MR) is 109 cm³/mol. The Morgan fingerprint density at radius 1 is 1.41 bits per heavy atom. The van der Waals surface area contributed by atoms with E-state index in [1.54, 1.807) is 6.07 Å². The van der Waals surface area contributed by atoms with Crippen LogP contribution in [0, 0.1) is 10.1 Å². The minimum atomic E-state index is -0.460. The SMILES string of the molecule is CBr.COc1c(C(=O)NCCN2CCOCC2)sc2ccc([N+](=O)[O-])cc12. The number of amides is 1. The Labute approximate surface area is 169 Å². The first-order chi connectivity index (χ1) is 13.1. The minimum Gasteiger partial charge on any atom is -0.494 e. The molecule has 1 aromatic heterocycles. The predicted octanol–water partition coefficient (Wildman–Crippen LogP) is 2.89. The fourth-order valence-electron chi connectivity index (χ4n) is 2.76. The van der Waals surface area contributed by atoms with Gasteiger partial charge in [0.2, 0.25) is 0 Å². The van der Waals surface area contributed by atoms with Crippen molar-refractivity contribution in [3.05, 3.63) is 33.2 Å². The second-order valence-corrected chi connectivity index (χ2v) is 6.66. The molecule has 0 atom stereocenters. The van der Waals surface area contributed by atoms with E-state index in [1.165, 1.54) is 30.6 Å². The van der Waals surface area contributed by atoms with E-state index in [9.17, 15) is 14.9 Å². The number of nitrogens with zero attached hydrogens (tertiary/aromatic N) is 2. The van der Waals surface area contributed by atoms with Crippen LogP contribution in [0.2, 0.25) is 0 Å². The lowest BCUT2D eigenvalue weighted by molar-refractivity contribution is -0.384. The van der Waals surface area contributed by atoms with Crippen LogP contribution in [0.15, 0.2) is 18.2 Å². The Balaban J connectivity index is 0.00000126. The van der Waals surface area contributed by atoms with E-state index in [1.807, 2.05) is 5.83 Å². The molecule has 1 aromatic carbocycles. The average Bonchev–Trinajstić information content (AvgIpc) is 3.08. The van der Waals surface area contributed by atoms with Gasteiger partial charge in [0.05, 0.1) is 25.2 Å². The van der Waals surface area contributed by atoms with Crippen molar-refractivity contribution >= 4 is 48.9 Å². The van der Waals surface area contributed by atoms with Gasteiger partial charge in [-0.15, -0.1) is 11.3 Å². The van der Waals surface area contributed by atoms with E-state index in [4.69, 9.17) is 9.47 Å². The summed E-state index contributed by atoms with van der Waals surface area (Å²) < 4.78 is 11.4. The van der Waals surface area contributed by atoms with Gasteiger partial charge in [-0.05, 0) is 11.9 Å². The highest BCUT2D eigenvalue weighted by molar-refractivity contribution is 9.08. The number of nitrogens with one attached hydrogen (secondary N) is 1. The van der Waals surface area contributed by atoms with Gasteiger partial charge in [0, 0.05) is 48.4 Å². The topological polar surface area (TPSA) is 93.9 Å². The molecule has 10 heteroatoms. The van der Waals surface area contributed by atoms with Crippen LogP contribution in [0.1, 0.15) is 9.67 Å². The lowest BCUT2D eigenvalue weighted by Crippen LogP contribution is -2.41. The zero-order valence-electron chi connectivity index (χ0n) is 15.2. The fourth-order valence-corrected chi connectivity index (χ4v) is 3.83. The molecule has 1 aliphatic heterocycles. The van der Waals surface area contributed by atoms with Gasteiger partial charge >= 0.3 is 0 Å². The lowest BCUT2D eigenvalue weighted by atomic mass is 10.2. The number of nitro groups is 1. The van der Waals surface area contributed by atoms with Gasteiger partial charge < -0.3 is 14.8 Å². The van der Waals surface area contributed by atoms with Crippen LogP contribution in [0.5, 0.6) is 5.75 Å². The summed E-state index contributed by atoms with van der Waals surface area (Å²) >= 11 is 4.21. The van der Waals surface area contributed by atoms with Crippen LogP contribution in [-0.2, 0) is 4.74 Å². The molecular weight excluding hydrogens is 438 g/mol. The van der Waals surface area contributed by atoms with Gasteiger partial charge in [0.25, 0.3) is 11.6 Å². The van der Waals surface area contributed by atoms with Crippen LogP contribution >= 0.6 is 27.3 Å². The summed E-state index contributed by atoms with van der Waals surface area (Å²) in [5.41, 5.74) is -0.0251. The maximum atomic E-state index is 12.5. The van der Waals surface area contributed by atoms with E-state index in [0.29, 0.717) is 22.6 Å². The Morgan fingerprint density at radius 2 is 2.11 bits per heavy atom. The smallest absolute Gasteiger partial charge is 0.270 e. The molecular formula is C17H22BrN3O5S. The van der Waals surface area contributed by atoms with Crippen molar-refractivity contribution in [1.29, 1.82) is 0 Å². The molecule has 0 bridgehead atoms. The number of hydrogen-bond donors (Lipinski definition) is 1. The van der Waals surface area contributed by atoms with Gasteiger partial charge in [-0.25, -0.2) is 0 Å². The molecule has 1 aliphatic rings. The number of rotatable bonds is 6. The van der Waals surface area contributed by atoms with Crippen LogP contribution in [0.3, 0.4) is 0 Å². The molecule has 2 heterocycles. The Kier molecular flexibility index (Phi) is 8.42. The first-order valence-electron chi connectivity index (χ1n) is 8.31. The number of hydrogen-bond acceptors (Lipinski definition) is 7. The number of ether oxygens (including phenoxy) is 2. The number of carbonyl (C=O) groups excluding carboxylic acids is 1. The normalized spacial score (nSPS) is 14.3. The average molecular weight is 460 g/mol. The number of non-ortho nitro benzene ring substituents is 1. The monoisotopic (exact) mass is 459 g/mol. The molecule has 27 heavy (non-hydrogen) atoms. The minimum absolute atomic E-state index is 0.0251. The Morgan fingerprint density at radius 3 is 2.74 bits per heavy atom. The number of alkyl halides is 1. The zero-order valence-corrected chi connectivity index (χ0v) is 17.6. The maximum absolute atomic E-state index is 12.5. The Bertz CT molecular complexity index is 792. The van der Waals surface area contributed by atoms with Crippen molar-refractivity contribution in [2.75, 3.05) is 52.3 Å². The maximum Gasteiger partial charge on any atom is 0.270 e. The van der Waals surface area contributed by atoms with Gasteiger partial charge in [0.15, 0.2) is 5.75 Å². The van der Waals surface area contributed by atoms with Crippen molar-refractivity contribution in [2.45, 2.75) is 0 Å². The number of methoxy groups -OCH3 is 1. The fraction of sp³-hybridized carbons (Fsp3) is 0.471. The Hall–Kier alpha value is -1.75. The van der Waals surface area contributed by atoms with E-state index < -0.39 is 4.92 Å². The van der Waals surface area contributed by atoms with Crippen molar-refractivity contribution in [2.24, 2.45) is 0 Å². The van der Waals surface area contributed by atoms with E-state index >= 15 is 0 Å².